The number of nitrogens with one attached hydrogen (secondary N) is 1. The molecule has 0 saturated heterocycles. The third-order valence-electron chi connectivity index (χ3n) is 5.58. The third-order valence-corrected chi connectivity index (χ3v) is 6.93. The molecule has 2 heterocycles. The summed E-state index contributed by atoms with van der Waals surface area (Å²) in [6.07, 6.45) is 3.00. The van der Waals surface area contributed by atoms with Crippen LogP contribution in [0.25, 0.3) is 33.2 Å². The maximum Gasteiger partial charge on any atom is 0.263 e. The first kappa shape index (κ1) is 23.3. The maximum absolute atomic E-state index is 14.3. The summed E-state index contributed by atoms with van der Waals surface area (Å²) in [5, 5.41) is 8.74. The second kappa shape index (κ2) is 9.31. The highest BCUT2D eigenvalue weighted by Gasteiger charge is 2.19. The summed E-state index contributed by atoms with van der Waals surface area (Å²) in [4.78, 5) is 4.53. The third kappa shape index (κ3) is 4.34. The van der Waals surface area contributed by atoms with Crippen molar-refractivity contribution in [3.8, 4) is 28.1 Å². The number of hydrogen-bond donors (Lipinski definition) is 1. The van der Waals surface area contributed by atoms with Crippen LogP contribution in [0.3, 0.4) is 0 Å². The van der Waals surface area contributed by atoms with E-state index >= 15 is 0 Å². The molecule has 0 spiro atoms. The van der Waals surface area contributed by atoms with Gasteiger partial charge in [0.05, 0.1) is 17.7 Å². The molecule has 0 aliphatic rings. The van der Waals surface area contributed by atoms with Crippen molar-refractivity contribution in [3.63, 3.8) is 0 Å². The van der Waals surface area contributed by atoms with Gasteiger partial charge in [0.1, 0.15) is 5.75 Å². The van der Waals surface area contributed by atoms with E-state index in [0.717, 1.165) is 6.07 Å². The Labute approximate surface area is 205 Å². The minimum atomic E-state index is -3.90. The number of rotatable bonds is 6. The monoisotopic (exact) mass is 504 g/mol. The van der Waals surface area contributed by atoms with Gasteiger partial charge in [0, 0.05) is 28.9 Å². The zero-order valence-electron chi connectivity index (χ0n) is 18.8. The van der Waals surface area contributed by atoms with Gasteiger partial charge in [-0.25, -0.2) is 17.2 Å². The van der Waals surface area contributed by atoms with Crippen LogP contribution in [0.1, 0.15) is 0 Å². The Hall–Kier alpha value is -4.44. The highest BCUT2D eigenvalue weighted by atomic mass is 32.2. The van der Waals surface area contributed by atoms with Crippen molar-refractivity contribution in [1.29, 1.82) is 0 Å². The lowest BCUT2D eigenvalue weighted by Crippen LogP contribution is -2.14. The van der Waals surface area contributed by atoms with Crippen LogP contribution >= 0.6 is 0 Å². The SMILES string of the molecule is COc1cc(-c2cccc(F)c2F)ccc1-c1nccc2cc(S(=O)(=O)Nc3cccnn3)ccc12. The Morgan fingerprint density at radius 1 is 0.889 bits per heavy atom. The Morgan fingerprint density at radius 2 is 1.75 bits per heavy atom. The van der Waals surface area contributed by atoms with Gasteiger partial charge in [-0.15, -0.1) is 5.10 Å². The van der Waals surface area contributed by atoms with Gasteiger partial charge in [0.15, 0.2) is 17.5 Å². The maximum atomic E-state index is 14.3. The van der Waals surface area contributed by atoms with E-state index in [2.05, 4.69) is 19.9 Å². The summed E-state index contributed by atoms with van der Waals surface area (Å²) in [7, 11) is -2.43. The van der Waals surface area contributed by atoms with Gasteiger partial charge < -0.3 is 4.74 Å². The number of pyridine rings is 1. The van der Waals surface area contributed by atoms with Crippen LogP contribution in [0.2, 0.25) is 0 Å². The molecule has 0 aliphatic heterocycles. The zero-order valence-corrected chi connectivity index (χ0v) is 19.6. The van der Waals surface area contributed by atoms with Crippen molar-refractivity contribution in [2.75, 3.05) is 11.8 Å². The lowest BCUT2D eigenvalue weighted by molar-refractivity contribution is 0.416. The normalized spacial score (nSPS) is 11.4. The Kier molecular flexibility index (Phi) is 6.03. The van der Waals surface area contributed by atoms with Crippen LogP contribution in [0, 0.1) is 11.6 Å². The Morgan fingerprint density at radius 3 is 2.53 bits per heavy atom. The largest absolute Gasteiger partial charge is 0.496 e. The fraction of sp³-hybridized carbons (Fsp3) is 0.0385. The minimum absolute atomic E-state index is 0.0432. The van der Waals surface area contributed by atoms with E-state index in [-0.39, 0.29) is 16.3 Å². The summed E-state index contributed by atoms with van der Waals surface area (Å²) in [5.74, 6) is -1.38. The molecule has 36 heavy (non-hydrogen) atoms. The van der Waals surface area contributed by atoms with E-state index in [4.69, 9.17) is 4.74 Å². The van der Waals surface area contributed by atoms with Crippen LogP contribution in [0.4, 0.5) is 14.6 Å². The standard InChI is InChI=1S/C26H18F2N4O3S/c1-35-23-15-16(19-4-2-5-22(27)25(19)28)7-9-21(23)26-20-10-8-18(14-17(20)11-13-29-26)36(33,34)32-24-6-3-12-30-31-24/h2-15H,1H3,(H,31,32). The number of halogens is 2. The molecule has 5 rings (SSSR count). The number of fused-ring (bicyclic) bond motifs is 1. The van der Waals surface area contributed by atoms with Gasteiger partial charge >= 0.3 is 0 Å². The van der Waals surface area contributed by atoms with E-state index in [9.17, 15) is 17.2 Å². The van der Waals surface area contributed by atoms with Crippen LogP contribution < -0.4 is 9.46 Å². The first-order chi connectivity index (χ1) is 17.4. The number of hydrogen-bond acceptors (Lipinski definition) is 6. The number of aromatic nitrogens is 3. The lowest BCUT2D eigenvalue weighted by Gasteiger charge is -2.14. The number of ether oxygens (including phenoxy) is 1. The predicted octanol–water partition coefficient (Wildman–Crippen LogP) is 5.45. The topological polar surface area (TPSA) is 94.1 Å². The summed E-state index contributed by atoms with van der Waals surface area (Å²) in [6.45, 7) is 0. The Balaban J connectivity index is 1.56. The van der Waals surface area contributed by atoms with E-state index in [0.29, 0.717) is 33.3 Å². The van der Waals surface area contributed by atoms with E-state index < -0.39 is 21.7 Å². The molecule has 2 aromatic heterocycles. The molecule has 5 aromatic rings. The molecule has 7 nitrogen and oxygen atoms in total. The quantitative estimate of drug-likeness (QED) is 0.331. The van der Waals surface area contributed by atoms with E-state index in [1.165, 1.54) is 43.6 Å². The molecular formula is C26H18F2N4O3S. The molecule has 0 radical (unpaired) electrons. The Bertz CT molecular complexity index is 1700. The van der Waals surface area contributed by atoms with Crippen LogP contribution in [0.15, 0.2) is 90.1 Å². The van der Waals surface area contributed by atoms with Gasteiger partial charge in [0.25, 0.3) is 10.0 Å². The number of anilines is 1. The highest BCUT2D eigenvalue weighted by Crippen LogP contribution is 2.37. The predicted molar refractivity (Wildman–Crippen MR) is 132 cm³/mol. The zero-order chi connectivity index (χ0) is 25.3. The molecule has 3 aromatic carbocycles. The molecule has 0 unspecified atom stereocenters. The number of benzene rings is 3. The molecule has 0 amide bonds. The molecule has 1 N–H and O–H groups in total. The van der Waals surface area contributed by atoms with Gasteiger partial charge in [-0.1, -0.05) is 24.3 Å². The van der Waals surface area contributed by atoms with Crippen molar-refractivity contribution in [1.82, 2.24) is 15.2 Å². The summed E-state index contributed by atoms with van der Waals surface area (Å²) < 4.78 is 61.7. The van der Waals surface area contributed by atoms with E-state index in [1.54, 1.807) is 42.6 Å². The summed E-state index contributed by atoms with van der Waals surface area (Å²) in [6, 6.07) is 18.4. The molecular weight excluding hydrogens is 486 g/mol. The smallest absolute Gasteiger partial charge is 0.263 e. The average Bonchev–Trinajstić information content (AvgIpc) is 2.89. The summed E-state index contributed by atoms with van der Waals surface area (Å²) in [5.41, 5.74) is 1.70. The fourth-order valence-corrected chi connectivity index (χ4v) is 4.90. The fourth-order valence-electron chi connectivity index (χ4n) is 3.87. The first-order valence-electron chi connectivity index (χ1n) is 10.7. The van der Waals surface area contributed by atoms with Crippen molar-refractivity contribution >= 4 is 26.6 Å². The van der Waals surface area contributed by atoms with Crippen molar-refractivity contribution in [3.05, 3.63) is 96.8 Å². The van der Waals surface area contributed by atoms with Gasteiger partial charge in [-0.3, -0.25) is 9.71 Å². The number of methoxy groups -OCH3 is 1. The molecule has 0 saturated carbocycles. The van der Waals surface area contributed by atoms with Crippen LogP contribution in [-0.2, 0) is 10.0 Å². The van der Waals surface area contributed by atoms with Gasteiger partial charge in [-0.2, -0.15) is 5.10 Å². The molecule has 0 fully saturated rings. The lowest BCUT2D eigenvalue weighted by atomic mass is 9.98. The average molecular weight is 505 g/mol. The highest BCUT2D eigenvalue weighted by molar-refractivity contribution is 7.92. The number of nitrogens with zero attached hydrogens (tertiary/aromatic N) is 3. The van der Waals surface area contributed by atoms with Crippen LogP contribution in [-0.4, -0.2) is 30.7 Å². The summed E-state index contributed by atoms with van der Waals surface area (Å²) >= 11 is 0. The van der Waals surface area contributed by atoms with Crippen molar-refractivity contribution in [2.24, 2.45) is 0 Å². The van der Waals surface area contributed by atoms with Crippen molar-refractivity contribution in [2.45, 2.75) is 4.90 Å². The molecule has 0 atom stereocenters. The molecule has 0 bridgehead atoms. The number of sulfonamides is 1. The molecule has 180 valence electrons. The first-order valence-corrected chi connectivity index (χ1v) is 12.2. The minimum Gasteiger partial charge on any atom is -0.496 e. The van der Waals surface area contributed by atoms with Gasteiger partial charge in [-0.05, 0) is 59.5 Å². The van der Waals surface area contributed by atoms with E-state index in [1.807, 2.05) is 0 Å². The molecule has 0 aliphatic carbocycles. The van der Waals surface area contributed by atoms with Gasteiger partial charge in [0.2, 0.25) is 0 Å². The second-order valence-electron chi connectivity index (χ2n) is 7.77. The second-order valence-corrected chi connectivity index (χ2v) is 9.46. The molecule has 10 heteroatoms. The van der Waals surface area contributed by atoms with Crippen molar-refractivity contribution < 1.29 is 21.9 Å². The van der Waals surface area contributed by atoms with Crippen LogP contribution in [0.5, 0.6) is 5.75 Å².